The van der Waals surface area contributed by atoms with Gasteiger partial charge in [-0.3, -0.25) is 14.5 Å². The Morgan fingerprint density at radius 2 is 2.15 bits per heavy atom. The summed E-state index contributed by atoms with van der Waals surface area (Å²) in [5, 5.41) is 10.2. The molecule has 0 bridgehead atoms. The number of carbonyl (C=O) groups excluding carboxylic acids is 2. The van der Waals surface area contributed by atoms with Crippen LogP contribution in [0.3, 0.4) is 0 Å². The Hall–Kier alpha value is -2.09. The van der Waals surface area contributed by atoms with E-state index in [1.807, 2.05) is 0 Å². The van der Waals surface area contributed by atoms with Crippen molar-refractivity contribution in [2.45, 2.75) is 25.6 Å². The van der Waals surface area contributed by atoms with Crippen molar-refractivity contribution >= 4 is 17.6 Å². The molecule has 1 unspecified atom stereocenters. The van der Waals surface area contributed by atoms with Gasteiger partial charge < -0.3 is 20.3 Å². The number of rotatable bonds is 5. The van der Waals surface area contributed by atoms with Gasteiger partial charge in [-0.05, 0) is 12.8 Å². The van der Waals surface area contributed by atoms with E-state index in [1.54, 1.807) is 29.9 Å². The van der Waals surface area contributed by atoms with E-state index < -0.39 is 6.35 Å². The molecule has 8 nitrogen and oxygen atoms in total. The minimum Gasteiger partial charge on any atom is -0.370 e. The normalized spacial score (nSPS) is 18.4. The minimum absolute atomic E-state index is 0.260. The van der Waals surface area contributed by atoms with E-state index in [9.17, 15) is 14.7 Å². The molecule has 0 radical (unpaired) electrons. The molecule has 1 aromatic rings. The van der Waals surface area contributed by atoms with E-state index in [4.69, 9.17) is 5.73 Å². The highest BCUT2D eigenvalue weighted by Crippen LogP contribution is 2.27. The van der Waals surface area contributed by atoms with Gasteiger partial charge in [0.15, 0.2) is 11.5 Å². The lowest BCUT2D eigenvalue weighted by molar-refractivity contribution is -0.118. The quantitative estimate of drug-likeness (QED) is 0.691. The fourth-order valence-corrected chi connectivity index (χ4v) is 2.28. The van der Waals surface area contributed by atoms with Gasteiger partial charge in [0.2, 0.25) is 12.3 Å². The Labute approximate surface area is 116 Å². The topological polar surface area (TPSA) is 105 Å². The molecule has 2 rings (SSSR count). The van der Waals surface area contributed by atoms with Gasteiger partial charge >= 0.3 is 0 Å². The lowest BCUT2D eigenvalue weighted by Crippen LogP contribution is -2.54. The Bertz CT molecular complexity index is 527. The Morgan fingerprint density at radius 1 is 1.45 bits per heavy atom. The lowest BCUT2D eigenvalue weighted by atomic mass is 10.2. The van der Waals surface area contributed by atoms with Crippen LogP contribution in [0, 0.1) is 0 Å². The molecule has 0 aromatic carbocycles. The van der Waals surface area contributed by atoms with E-state index in [0.29, 0.717) is 30.9 Å². The Kier molecular flexibility index (Phi) is 3.93. The number of primary amides is 1. The molecule has 2 heterocycles. The van der Waals surface area contributed by atoms with Crippen molar-refractivity contribution in [3.05, 3.63) is 12.0 Å². The molecule has 1 aromatic heterocycles. The zero-order chi connectivity index (χ0) is 14.9. The molecule has 1 aliphatic heterocycles. The van der Waals surface area contributed by atoms with E-state index in [-0.39, 0.29) is 18.2 Å². The summed E-state index contributed by atoms with van der Waals surface area (Å²) in [5.74, 6) is -0.149. The van der Waals surface area contributed by atoms with Gasteiger partial charge in [0.1, 0.15) is 0 Å². The Morgan fingerprint density at radius 3 is 2.80 bits per heavy atom. The molecule has 8 heteroatoms. The third-order valence-electron chi connectivity index (χ3n) is 3.41. The molecule has 0 aliphatic carbocycles. The van der Waals surface area contributed by atoms with Gasteiger partial charge in [-0.1, -0.05) is 0 Å². The number of hydrogen-bond acceptors (Lipinski definition) is 5. The van der Waals surface area contributed by atoms with Crippen LogP contribution in [0.1, 0.15) is 29.8 Å². The van der Waals surface area contributed by atoms with Gasteiger partial charge in [-0.2, -0.15) is 0 Å². The minimum atomic E-state index is -1.04. The van der Waals surface area contributed by atoms with Crippen LogP contribution in [0.5, 0.6) is 0 Å². The maximum Gasteiger partial charge on any atom is 0.277 e. The summed E-state index contributed by atoms with van der Waals surface area (Å²) in [4.78, 5) is 30.1. The van der Waals surface area contributed by atoms with Crippen molar-refractivity contribution < 1.29 is 14.7 Å². The highest BCUT2D eigenvalue weighted by Gasteiger charge is 2.37. The van der Waals surface area contributed by atoms with Crippen LogP contribution >= 0.6 is 0 Å². The highest BCUT2D eigenvalue weighted by molar-refractivity contribution is 5.99. The highest BCUT2D eigenvalue weighted by atomic mass is 16.3. The zero-order valence-corrected chi connectivity index (χ0v) is 11.6. The molecule has 3 N–H and O–H groups in total. The first-order chi connectivity index (χ1) is 9.43. The molecule has 1 aliphatic rings. The van der Waals surface area contributed by atoms with Crippen molar-refractivity contribution in [2.75, 3.05) is 18.5 Å². The lowest BCUT2D eigenvalue weighted by Gasteiger charge is -2.38. The van der Waals surface area contributed by atoms with Crippen LogP contribution in [0.15, 0.2) is 6.33 Å². The zero-order valence-electron chi connectivity index (χ0n) is 11.6. The standard InChI is InChI=1S/C12H19N5O3/c1-15-7-14-10-9(15)11(19)17(12(20)16(10)2)6-4-3-5-8(13)18/h7,12,20H,3-6H2,1-2H3,(H2,13,18). The average molecular weight is 281 g/mol. The number of aryl methyl sites for hydroxylation is 1. The number of anilines is 1. The molecule has 20 heavy (non-hydrogen) atoms. The molecule has 1 atom stereocenters. The van der Waals surface area contributed by atoms with Gasteiger partial charge in [-0.25, -0.2) is 4.98 Å². The third kappa shape index (κ3) is 2.46. The summed E-state index contributed by atoms with van der Waals surface area (Å²) in [5.41, 5.74) is 5.52. The summed E-state index contributed by atoms with van der Waals surface area (Å²) >= 11 is 0. The monoisotopic (exact) mass is 281 g/mol. The number of nitrogens with zero attached hydrogens (tertiary/aromatic N) is 4. The van der Waals surface area contributed by atoms with Crippen LogP contribution in [-0.2, 0) is 11.8 Å². The second-order valence-corrected chi connectivity index (χ2v) is 4.91. The predicted octanol–water partition coefficient (Wildman–Crippen LogP) is -0.756. The molecular weight excluding hydrogens is 262 g/mol. The van der Waals surface area contributed by atoms with Crippen molar-refractivity contribution in [1.29, 1.82) is 0 Å². The number of hydrogen-bond donors (Lipinski definition) is 2. The maximum atomic E-state index is 12.4. The summed E-state index contributed by atoms with van der Waals surface area (Å²) in [7, 11) is 3.42. The largest absolute Gasteiger partial charge is 0.370 e. The molecule has 0 saturated heterocycles. The van der Waals surface area contributed by atoms with Crippen LogP contribution in [-0.4, -0.2) is 51.3 Å². The Balaban J connectivity index is 2.09. The maximum absolute atomic E-state index is 12.4. The van der Waals surface area contributed by atoms with Crippen LogP contribution in [0.4, 0.5) is 5.82 Å². The van der Waals surface area contributed by atoms with Crippen LogP contribution in [0.25, 0.3) is 0 Å². The van der Waals surface area contributed by atoms with Crippen molar-refractivity contribution in [2.24, 2.45) is 12.8 Å². The SMILES string of the molecule is CN1c2ncn(C)c2C(=O)N(CCCCC(N)=O)C1O. The molecule has 0 saturated carbocycles. The third-order valence-corrected chi connectivity index (χ3v) is 3.41. The fourth-order valence-electron chi connectivity index (χ4n) is 2.28. The first-order valence-electron chi connectivity index (χ1n) is 6.45. The van der Waals surface area contributed by atoms with Gasteiger partial charge in [0.25, 0.3) is 5.91 Å². The van der Waals surface area contributed by atoms with E-state index >= 15 is 0 Å². The first-order valence-corrected chi connectivity index (χ1v) is 6.45. The van der Waals surface area contributed by atoms with Crippen LogP contribution < -0.4 is 10.6 Å². The van der Waals surface area contributed by atoms with Crippen molar-refractivity contribution in [3.63, 3.8) is 0 Å². The number of amides is 2. The second kappa shape index (κ2) is 5.49. The molecule has 0 spiro atoms. The molecule has 110 valence electrons. The number of aliphatic hydroxyl groups is 1. The van der Waals surface area contributed by atoms with Crippen LogP contribution in [0.2, 0.25) is 0 Å². The van der Waals surface area contributed by atoms with Crippen molar-refractivity contribution in [1.82, 2.24) is 14.5 Å². The molecule has 0 fully saturated rings. The van der Waals surface area contributed by atoms with E-state index in [2.05, 4.69) is 4.98 Å². The summed E-state index contributed by atoms with van der Waals surface area (Å²) in [6.07, 6.45) is 1.98. The second-order valence-electron chi connectivity index (χ2n) is 4.91. The van der Waals surface area contributed by atoms with Crippen molar-refractivity contribution in [3.8, 4) is 0 Å². The molecule has 2 amide bonds. The van der Waals surface area contributed by atoms with Gasteiger partial charge in [0, 0.05) is 27.1 Å². The summed E-state index contributed by atoms with van der Waals surface area (Å²) < 4.78 is 1.64. The number of aromatic nitrogens is 2. The first kappa shape index (κ1) is 14.3. The summed E-state index contributed by atoms with van der Waals surface area (Å²) in [6.45, 7) is 0.363. The number of nitrogens with two attached hydrogens (primary N) is 1. The smallest absolute Gasteiger partial charge is 0.277 e. The number of imidazole rings is 1. The number of carbonyl (C=O) groups is 2. The summed E-state index contributed by atoms with van der Waals surface area (Å²) in [6, 6.07) is 0. The fraction of sp³-hybridized carbons (Fsp3) is 0.583. The van der Waals surface area contributed by atoms with E-state index in [0.717, 1.165) is 0 Å². The van der Waals surface area contributed by atoms with Gasteiger partial charge in [-0.15, -0.1) is 0 Å². The average Bonchev–Trinajstić information content (AvgIpc) is 2.77. The predicted molar refractivity (Wildman–Crippen MR) is 71.7 cm³/mol. The number of aliphatic hydroxyl groups excluding tert-OH is 1. The number of unbranched alkanes of at least 4 members (excludes halogenated alkanes) is 1. The number of fused-ring (bicyclic) bond motifs is 1. The van der Waals surface area contributed by atoms with Gasteiger partial charge in [0.05, 0.1) is 6.33 Å². The molecular formula is C12H19N5O3. The van der Waals surface area contributed by atoms with E-state index in [1.165, 1.54) is 4.90 Å².